The molecule has 0 bridgehead atoms. The minimum absolute atomic E-state index is 0.387. The highest BCUT2D eigenvalue weighted by Gasteiger charge is 2.30. The Morgan fingerprint density at radius 1 is 1.12 bits per heavy atom. The molecular formula is C19H15ClN4. The highest BCUT2D eigenvalue weighted by atomic mass is 35.5. The Bertz CT molecular complexity index is 849. The third-order valence-electron chi connectivity index (χ3n) is 3.80. The third-order valence-corrected chi connectivity index (χ3v) is 4.05. The Balaban J connectivity index is 2.00. The standard InChI is InChI=1S/C19H15ClN4/c20-18-8-6-16(7-9-18)10-11-19(12-21,13-24-15-22-14-23-24)17-4-2-1-3-5-17/h1-11,14-15H,13H2/b11-10+. The zero-order chi connectivity index (χ0) is 16.8. The van der Waals surface area contributed by atoms with Crippen molar-refractivity contribution in [3.63, 3.8) is 0 Å². The number of hydrogen-bond donors (Lipinski definition) is 0. The maximum Gasteiger partial charge on any atom is 0.137 e. The van der Waals surface area contributed by atoms with Crippen molar-refractivity contribution in [2.75, 3.05) is 0 Å². The van der Waals surface area contributed by atoms with Crippen LogP contribution < -0.4 is 0 Å². The monoisotopic (exact) mass is 334 g/mol. The molecule has 1 heterocycles. The van der Waals surface area contributed by atoms with E-state index in [2.05, 4.69) is 16.2 Å². The van der Waals surface area contributed by atoms with Gasteiger partial charge in [-0.25, -0.2) is 4.98 Å². The highest BCUT2D eigenvalue weighted by Crippen LogP contribution is 2.28. The minimum Gasteiger partial charge on any atom is -0.251 e. The van der Waals surface area contributed by atoms with Gasteiger partial charge in [0.15, 0.2) is 0 Å². The summed E-state index contributed by atoms with van der Waals surface area (Å²) in [4.78, 5) is 3.97. The van der Waals surface area contributed by atoms with E-state index in [0.29, 0.717) is 11.6 Å². The highest BCUT2D eigenvalue weighted by molar-refractivity contribution is 6.30. The van der Waals surface area contributed by atoms with Crippen LogP contribution in [0.1, 0.15) is 11.1 Å². The number of benzene rings is 2. The molecule has 5 heteroatoms. The number of halogens is 1. The number of hydrogen-bond acceptors (Lipinski definition) is 3. The first-order chi connectivity index (χ1) is 11.7. The molecule has 0 saturated carbocycles. The summed E-state index contributed by atoms with van der Waals surface area (Å²) in [6.45, 7) is 0.387. The zero-order valence-electron chi connectivity index (χ0n) is 12.9. The topological polar surface area (TPSA) is 54.5 Å². The van der Waals surface area contributed by atoms with Crippen LogP contribution in [0.15, 0.2) is 73.3 Å². The molecule has 0 amide bonds. The summed E-state index contributed by atoms with van der Waals surface area (Å²) >= 11 is 5.92. The molecule has 1 atom stereocenters. The van der Waals surface area contributed by atoms with Crippen molar-refractivity contribution in [3.8, 4) is 6.07 Å². The largest absolute Gasteiger partial charge is 0.251 e. The first-order valence-electron chi connectivity index (χ1n) is 7.46. The van der Waals surface area contributed by atoms with E-state index in [1.54, 1.807) is 11.0 Å². The van der Waals surface area contributed by atoms with Crippen LogP contribution in [0.3, 0.4) is 0 Å². The summed E-state index contributed by atoms with van der Waals surface area (Å²) < 4.78 is 1.67. The maximum atomic E-state index is 9.97. The first kappa shape index (κ1) is 16.0. The van der Waals surface area contributed by atoms with Gasteiger partial charge in [-0.1, -0.05) is 66.2 Å². The summed E-state index contributed by atoms with van der Waals surface area (Å²) in [7, 11) is 0. The predicted octanol–water partition coefficient (Wildman–Crippen LogP) is 4.11. The number of aromatic nitrogens is 3. The SMILES string of the molecule is N#CC(/C=C/c1ccc(Cl)cc1)(Cn1cncn1)c1ccccc1. The molecule has 1 aromatic heterocycles. The molecule has 0 aliphatic rings. The molecule has 2 aromatic carbocycles. The number of nitrogens with zero attached hydrogens (tertiary/aromatic N) is 4. The summed E-state index contributed by atoms with van der Waals surface area (Å²) in [5.41, 5.74) is 1.05. The van der Waals surface area contributed by atoms with Gasteiger partial charge in [-0.2, -0.15) is 10.4 Å². The lowest BCUT2D eigenvalue weighted by molar-refractivity contribution is 0.501. The molecule has 0 aliphatic heterocycles. The van der Waals surface area contributed by atoms with Gasteiger partial charge in [0.05, 0.1) is 12.6 Å². The molecule has 1 unspecified atom stereocenters. The van der Waals surface area contributed by atoms with E-state index in [-0.39, 0.29) is 0 Å². The molecule has 0 saturated heterocycles. The molecule has 118 valence electrons. The molecule has 0 radical (unpaired) electrons. The van der Waals surface area contributed by atoms with Gasteiger partial charge in [-0.3, -0.25) is 4.68 Å². The van der Waals surface area contributed by atoms with E-state index in [4.69, 9.17) is 11.6 Å². The molecule has 3 aromatic rings. The predicted molar refractivity (Wildman–Crippen MR) is 94.2 cm³/mol. The van der Waals surface area contributed by atoms with E-state index < -0.39 is 5.41 Å². The van der Waals surface area contributed by atoms with Gasteiger partial charge in [0.25, 0.3) is 0 Å². The van der Waals surface area contributed by atoms with E-state index in [0.717, 1.165) is 11.1 Å². The van der Waals surface area contributed by atoms with Gasteiger partial charge in [0.1, 0.15) is 18.1 Å². The van der Waals surface area contributed by atoms with Crippen LogP contribution in [0.2, 0.25) is 5.02 Å². The Kier molecular flexibility index (Phi) is 4.74. The van der Waals surface area contributed by atoms with Crippen LogP contribution in [0, 0.1) is 11.3 Å². The summed E-state index contributed by atoms with van der Waals surface area (Å²) in [5, 5.41) is 14.8. The smallest absolute Gasteiger partial charge is 0.137 e. The molecule has 3 rings (SSSR count). The van der Waals surface area contributed by atoms with Crippen molar-refractivity contribution in [2.45, 2.75) is 12.0 Å². The summed E-state index contributed by atoms with van der Waals surface area (Å²) in [5.74, 6) is 0. The van der Waals surface area contributed by atoms with E-state index >= 15 is 0 Å². The second kappa shape index (κ2) is 7.12. The van der Waals surface area contributed by atoms with Crippen molar-refractivity contribution in [1.29, 1.82) is 5.26 Å². The first-order valence-corrected chi connectivity index (χ1v) is 7.84. The van der Waals surface area contributed by atoms with Gasteiger partial charge >= 0.3 is 0 Å². The third kappa shape index (κ3) is 3.53. The lowest BCUT2D eigenvalue weighted by Gasteiger charge is -2.23. The van der Waals surface area contributed by atoms with Crippen LogP contribution in [0.4, 0.5) is 0 Å². The molecule has 24 heavy (non-hydrogen) atoms. The molecule has 0 aliphatic carbocycles. The second-order valence-corrected chi connectivity index (χ2v) is 5.86. The normalized spacial score (nSPS) is 13.5. The second-order valence-electron chi connectivity index (χ2n) is 5.43. The number of allylic oxidation sites excluding steroid dienone is 1. The van der Waals surface area contributed by atoms with Crippen LogP contribution in [-0.4, -0.2) is 14.8 Å². The average Bonchev–Trinajstić information content (AvgIpc) is 3.14. The Morgan fingerprint density at radius 3 is 2.50 bits per heavy atom. The lowest BCUT2D eigenvalue weighted by atomic mass is 9.81. The molecule has 0 fully saturated rings. The molecule has 4 nitrogen and oxygen atoms in total. The summed E-state index contributed by atoms with van der Waals surface area (Å²) in [6.07, 6.45) is 6.93. The fraction of sp³-hybridized carbons (Fsp3) is 0.105. The van der Waals surface area contributed by atoms with Gasteiger partial charge in [0.2, 0.25) is 0 Å². The van der Waals surface area contributed by atoms with Gasteiger partial charge in [0, 0.05) is 5.02 Å². The Hall–Kier alpha value is -2.90. The number of nitriles is 1. The summed E-state index contributed by atoms with van der Waals surface area (Å²) in [6, 6.07) is 19.6. The minimum atomic E-state index is -0.839. The molecular weight excluding hydrogens is 320 g/mol. The van der Waals surface area contributed by atoms with Crippen molar-refractivity contribution in [3.05, 3.63) is 89.5 Å². The van der Waals surface area contributed by atoms with Crippen molar-refractivity contribution >= 4 is 17.7 Å². The van der Waals surface area contributed by atoms with E-state index in [1.807, 2.05) is 66.7 Å². The molecule has 0 spiro atoms. The maximum absolute atomic E-state index is 9.97. The van der Waals surface area contributed by atoms with Crippen molar-refractivity contribution < 1.29 is 0 Å². The Labute approximate surface area is 145 Å². The lowest BCUT2D eigenvalue weighted by Crippen LogP contribution is -2.28. The fourth-order valence-electron chi connectivity index (χ4n) is 2.50. The van der Waals surface area contributed by atoms with Crippen molar-refractivity contribution in [2.24, 2.45) is 0 Å². The van der Waals surface area contributed by atoms with Crippen LogP contribution in [-0.2, 0) is 12.0 Å². The molecule has 0 N–H and O–H groups in total. The quantitative estimate of drug-likeness (QED) is 0.705. The zero-order valence-corrected chi connectivity index (χ0v) is 13.6. The van der Waals surface area contributed by atoms with Crippen LogP contribution in [0.25, 0.3) is 6.08 Å². The van der Waals surface area contributed by atoms with Gasteiger partial charge < -0.3 is 0 Å². The van der Waals surface area contributed by atoms with E-state index in [9.17, 15) is 5.26 Å². The average molecular weight is 335 g/mol. The van der Waals surface area contributed by atoms with Gasteiger partial charge in [-0.05, 0) is 23.3 Å². The number of rotatable bonds is 5. The van der Waals surface area contributed by atoms with Crippen LogP contribution in [0.5, 0.6) is 0 Å². The van der Waals surface area contributed by atoms with Crippen molar-refractivity contribution in [1.82, 2.24) is 14.8 Å². The van der Waals surface area contributed by atoms with E-state index in [1.165, 1.54) is 6.33 Å². The van der Waals surface area contributed by atoms with Gasteiger partial charge in [-0.15, -0.1) is 0 Å². The fourth-order valence-corrected chi connectivity index (χ4v) is 2.62. The Morgan fingerprint density at radius 2 is 1.88 bits per heavy atom. The van der Waals surface area contributed by atoms with Crippen LogP contribution >= 0.6 is 11.6 Å².